The number of aromatic nitrogens is 2. The van der Waals surface area contributed by atoms with Gasteiger partial charge in [-0.15, -0.1) is 0 Å². The third-order valence-electron chi connectivity index (χ3n) is 2.76. The molecule has 3 nitrogen and oxygen atoms in total. The average molecular weight is 221 g/mol. The summed E-state index contributed by atoms with van der Waals surface area (Å²) < 4.78 is 15.0. The normalized spacial score (nSPS) is 11.2. The topological polar surface area (TPSA) is 29.9 Å². The number of hydrogen-bond donors (Lipinski definition) is 1. The van der Waals surface area contributed by atoms with Gasteiger partial charge in [-0.2, -0.15) is 0 Å². The third kappa shape index (κ3) is 2.07. The van der Waals surface area contributed by atoms with E-state index in [1.165, 1.54) is 12.1 Å². The van der Waals surface area contributed by atoms with Crippen molar-refractivity contribution in [2.75, 3.05) is 13.6 Å². The van der Waals surface area contributed by atoms with Gasteiger partial charge in [-0.25, -0.2) is 9.37 Å². The van der Waals surface area contributed by atoms with E-state index in [2.05, 4.69) is 10.3 Å². The summed E-state index contributed by atoms with van der Waals surface area (Å²) >= 11 is 0. The van der Waals surface area contributed by atoms with Crippen LogP contribution in [0.3, 0.4) is 0 Å². The molecule has 0 bridgehead atoms. The number of hydrogen-bond acceptors (Lipinski definition) is 2. The first kappa shape index (κ1) is 11.1. The molecular weight excluding hydrogens is 205 g/mol. The van der Waals surface area contributed by atoms with Crippen LogP contribution in [0.15, 0.2) is 18.2 Å². The van der Waals surface area contributed by atoms with Crippen LogP contribution in [0.4, 0.5) is 4.39 Å². The van der Waals surface area contributed by atoms with E-state index in [9.17, 15) is 4.39 Å². The summed E-state index contributed by atoms with van der Waals surface area (Å²) in [4.78, 5) is 4.49. The van der Waals surface area contributed by atoms with Crippen molar-refractivity contribution >= 4 is 11.0 Å². The fraction of sp³-hybridized carbons (Fsp3) is 0.417. The largest absolute Gasteiger partial charge is 0.331 e. The quantitative estimate of drug-likeness (QED) is 0.799. The van der Waals surface area contributed by atoms with Crippen LogP contribution in [0.25, 0.3) is 11.0 Å². The Balaban J connectivity index is 2.29. The van der Waals surface area contributed by atoms with Crippen molar-refractivity contribution in [2.24, 2.45) is 7.05 Å². The molecule has 0 radical (unpaired) electrons. The van der Waals surface area contributed by atoms with Gasteiger partial charge < -0.3 is 9.88 Å². The number of nitrogens with one attached hydrogen (secondary N) is 1. The summed E-state index contributed by atoms with van der Waals surface area (Å²) in [5.41, 5.74) is 1.72. The van der Waals surface area contributed by atoms with Crippen molar-refractivity contribution < 1.29 is 4.39 Å². The van der Waals surface area contributed by atoms with Crippen molar-refractivity contribution in [2.45, 2.75) is 12.8 Å². The molecule has 0 unspecified atom stereocenters. The highest BCUT2D eigenvalue weighted by Crippen LogP contribution is 2.16. The first-order chi connectivity index (χ1) is 7.72. The second-order valence-corrected chi connectivity index (χ2v) is 3.93. The maximum absolute atomic E-state index is 13.1. The lowest BCUT2D eigenvalue weighted by Gasteiger charge is -2.01. The molecule has 1 heterocycles. The van der Waals surface area contributed by atoms with Gasteiger partial charge in [0.1, 0.15) is 11.6 Å². The van der Waals surface area contributed by atoms with E-state index in [4.69, 9.17) is 0 Å². The summed E-state index contributed by atoms with van der Waals surface area (Å²) in [5.74, 6) is 0.799. The van der Waals surface area contributed by atoms with E-state index in [0.717, 1.165) is 36.2 Å². The number of halogens is 1. The summed E-state index contributed by atoms with van der Waals surface area (Å²) in [6.07, 6.45) is 1.95. The Bertz CT molecular complexity index is 490. The smallest absolute Gasteiger partial charge is 0.125 e. The molecule has 2 aromatic rings. The highest BCUT2D eigenvalue weighted by Gasteiger charge is 2.07. The van der Waals surface area contributed by atoms with Crippen LogP contribution in [-0.2, 0) is 13.5 Å². The molecule has 16 heavy (non-hydrogen) atoms. The highest BCUT2D eigenvalue weighted by atomic mass is 19.1. The van der Waals surface area contributed by atoms with Crippen molar-refractivity contribution in [3.63, 3.8) is 0 Å². The Kier molecular flexibility index (Phi) is 3.19. The molecule has 0 aliphatic heterocycles. The van der Waals surface area contributed by atoms with E-state index >= 15 is 0 Å². The molecule has 0 aliphatic rings. The lowest BCUT2D eigenvalue weighted by Crippen LogP contribution is -2.09. The summed E-state index contributed by atoms with van der Waals surface area (Å²) in [5, 5.41) is 3.10. The summed E-state index contributed by atoms with van der Waals surface area (Å²) in [6, 6.07) is 4.71. The second kappa shape index (κ2) is 4.61. The second-order valence-electron chi connectivity index (χ2n) is 3.93. The average Bonchev–Trinajstić information content (AvgIpc) is 2.57. The maximum atomic E-state index is 13.1. The highest BCUT2D eigenvalue weighted by molar-refractivity contribution is 5.75. The van der Waals surface area contributed by atoms with Crippen LogP contribution >= 0.6 is 0 Å². The molecule has 0 amide bonds. The fourth-order valence-electron chi connectivity index (χ4n) is 1.86. The molecule has 0 atom stereocenters. The van der Waals surface area contributed by atoms with Crippen molar-refractivity contribution in [3.8, 4) is 0 Å². The number of fused-ring (bicyclic) bond motifs is 1. The maximum Gasteiger partial charge on any atom is 0.125 e. The van der Waals surface area contributed by atoms with Crippen LogP contribution in [0.2, 0.25) is 0 Å². The van der Waals surface area contributed by atoms with Gasteiger partial charge in [0.15, 0.2) is 0 Å². The number of aryl methyl sites for hydroxylation is 2. The Morgan fingerprint density at radius 1 is 1.44 bits per heavy atom. The molecule has 0 saturated carbocycles. The predicted molar refractivity (Wildman–Crippen MR) is 62.9 cm³/mol. The van der Waals surface area contributed by atoms with Gasteiger partial charge in [0, 0.05) is 13.5 Å². The van der Waals surface area contributed by atoms with Crippen molar-refractivity contribution in [1.82, 2.24) is 14.9 Å². The van der Waals surface area contributed by atoms with Gasteiger partial charge >= 0.3 is 0 Å². The minimum Gasteiger partial charge on any atom is -0.331 e. The van der Waals surface area contributed by atoms with Crippen LogP contribution < -0.4 is 5.32 Å². The summed E-state index contributed by atoms with van der Waals surface area (Å²) in [6.45, 7) is 0.970. The molecule has 0 spiro atoms. The molecule has 4 heteroatoms. The van der Waals surface area contributed by atoms with Crippen LogP contribution in [0, 0.1) is 5.82 Å². The molecule has 0 fully saturated rings. The minimum atomic E-state index is -0.211. The monoisotopic (exact) mass is 221 g/mol. The first-order valence-electron chi connectivity index (χ1n) is 5.48. The van der Waals surface area contributed by atoms with E-state index in [-0.39, 0.29) is 5.82 Å². The van der Waals surface area contributed by atoms with Gasteiger partial charge in [0.05, 0.1) is 11.0 Å². The Hall–Kier alpha value is -1.42. The van der Waals surface area contributed by atoms with E-state index < -0.39 is 0 Å². The molecular formula is C12H16FN3. The lowest BCUT2D eigenvalue weighted by atomic mass is 10.3. The molecule has 1 aromatic heterocycles. The predicted octanol–water partition coefficient (Wildman–Crippen LogP) is 1.86. The van der Waals surface area contributed by atoms with Gasteiger partial charge in [0.25, 0.3) is 0 Å². The molecule has 1 aromatic carbocycles. The molecule has 86 valence electrons. The van der Waals surface area contributed by atoms with Crippen molar-refractivity contribution in [1.29, 1.82) is 0 Å². The zero-order chi connectivity index (χ0) is 11.5. The van der Waals surface area contributed by atoms with Gasteiger partial charge in [-0.3, -0.25) is 0 Å². The zero-order valence-electron chi connectivity index (χ0n) is 9.63. The minimum absolute atomic E-state index is 0.211. The summed E-state index contributed by atoms with van der Waals surface area (Å²) in [7, 11) is 3.87. The van der Waals surface area contributed by atoms with E-state index in [1.54, 1.807) is 6.07 Å². The number of benzene rings is 1. The standard InChI is InChI=1S/C12H16FN3/c1-14-7-3-4-12-15-10-6-5-9(13)8-11(10)16(12)2/h5-6,8,14H,3-4,7H2,1-2H3. The van der Waals surface area contributed by atoms with E-state index in [1.807, 2.05) is 18.7 Å². The molecule has 1 N–H and O–H groups in total. The SMILES string of the molecule is CNCCCc1nc2ccc(F)cc2n1C. The number of imidazole rings is 1. The van der Waals surface area contributed by atoms with Gasteiger partial charge in [0.2, 0.25) is 0 Å². The van der Waals surface area contributed by atoms with Crippen molar-refractivity contribution in [3.05, 3.63) is 29.8 Å². The Morgan fingerprint density at radius 3 is 3.00 bits per heavy atom. The fourth-order valence-corrected chi connectivity index (χ4v) is 1.86. The first-order valence-corrected chi connectivity index (χ1v) is 5.48. The van der Waals surface area contributed by atoms with Crippen LogP contribution in [0.5, 0.6) is 0 Å². The zero-order valence-corrected chi connectivity index (χ0v) is 9.63. The molecule has 2 rings (SSSR count). The van der Waals surface area contributed by atoms with Gasteiger partial charge in [-0.1, -0.05) is 0 Å². The molecule has 0 aliphatic carbocycles. The number of nitrogens with zero attached hydrogens (tertiary/aromatic N) is 2. The van der Waals surface area contributed by atoms with Crippen LogP contribution in [0.1, 0.15) is 12.2 Å². The Labute approximate surface area is 94.3 Å². The molecule has 0 saturated heterocycles. The Morgan fingerprint density at radius 2 is 2.25 bits per heavy atom. The van der Waals surface area contributed by atoms with Gasteiger partial charge in [-0.05, 0) is 38.2 Å². The van der Waals surface area contributed by atoms with E-state index in [0.29, 0.717) is 0 Å². The lowest BCUT2D eigenvalue weighted by molar-refractivity contribution is 0.628. The third-order valence-corrected chi connectivity index (χ3v) is 2.76. The van der Waals surface area contributed by atoms with Crippen LogP contribution in [-0.4, -0.2) is 23.1 Å². The number of rotatable bonds is 4.